The fourth-order valence-electron chi connectivity index (χ4n) is 1.29. The number of thiol groups is 1. The predicted molar refractivity (Wildman–Crippen MR) is 70.3 cm³/mol. The van der Waals surface area contributed by atoms with Crippen LogP contribution in [-0.2, 0) is 0 Å². The second kappa shape index (κ2) is 8.30. The van der Waals surface area contributed by atoms with E-state index < -0.39 is 0 Å². The molecule has 0 aromatic carbocycles. The van der Waals surface area contributed by atoms with Gasteiger partial charge in [0, 0.05) is 0 Å². The average Bonchev–Trinajstić information content (AvgIpc) is 2.17. The maximum Gasteiger partial charge on any atom is 0.138 e. The van der Waals surface area contributed by atoms with E-state index >= 15 is 0 Å². The van der Waals surface area contributed by atoms with E-state index in [0.29, 0.717) is 4.20 Å². The Balaban J connectivity index is 4.35. The van der Waals surface area contributed by atoms with Gasteiger partial charge < -0.3 is 5.11 Å². The Bertz CT molecular complexity index is 199. The van der Waals surface area contributed by atoms with Gasteiger partial charge in [0.2, 0.25) is 0 Å². The lowest BCUT2D eigenvalue weighted by molar-refractivity contribution is 0.431. The van der Waals surface area contributed by atoms with Crippen LogP contribution < -0.4 is 0 Å². The van der Waals surface area contributed by atoms with Crippen LogP contribution in [0.25, 0.3) is 0 Å². The molecule has 0 aromatic rings. The Morgan fingerprint density at radius 1 is 1.14 bits per heavy atom. The van der Waals surface area contributed by atoms with Crippen molar-refractivity contribution in [1.82, 2.24) is 0 Å². The first-order valence-corrected chi connectivity index (χ1v) is 6.13. The third kappa shape index (κ3) is 5.66. The minimum Gasteiger partial charge on any atom is -0.506 e. The number of hydrogen-bond donors (Lipinski definition) is 2. The summed E-state index contributed by atoms with van der Waals surface area (Å²) in [6.07, 6.45) is 6.40. The van der Waals surface area contributed by atoms with Crippen molar-refractivity contribution in [2.75, 3.05) is 0 Å². The van der Waals surface area contributed by atoms with Crippen LogP contribution in [-0.4, -0.2) is 9.30 Å². The van der Waals surface area contributed by atoms with E-state index in [1.807, 2.05) is 0 Å². The fourth-order valence-corrected chi connectivity index (χ4v) is 1.60. The Kier molecular flexibility index (Phi) is 8.29. The van der Waals surface area contributed by atoms with Gasteiger partial charge in [-0.2, -0.15) is 0 Å². The molecule has 1 N–H and O–H groups in total. The summed E-state index contributed by atoms with van der Waals surface area (Å²) < 4.78 is 0.326. The molecular formula is C11H20OS2. The second-order valence-electron chi connectivity index (χ2n) is 3.46. The van der Waals surface area contributed by atoms with Gasteiger partial charge in [0.05, 0.1) is 0 Å². The highest BCUT2D eigenvalue weighted by atomic mass is 32.1. The molecule has 82 valence electrons. The van der Waals surface area contributed by atoms with Gasteiger partial charge >= 0.3 is 0 Å². The molecule has 0 heterocycles. The minimum absolute atomic E-state index is 0.241. The molecule has 3 heteroatoms. The SMILES string of the molecule is CCCCC(CCCC)=C(O)C(=S)S. The van der Waals surface area contributed by atoms with Gasteiger partial charge in [0.25, 0.3) is 0 Å². The van der Waals surface area contributed by atoms with Crippen LogP contribution >= 0.6 is 24.8 Å². The second-order valence-corrected chi connectivity index (χ2v) is 4.62. The van der Waals surface area contributed by atoms with Gasteiger partial charge in [0.1, 0.15) is 9.96 Å². The molecule has 14 heavy (non-hydrogen) atoms. The molecule has 1 nitrogen and oxygen atoms in total. The summed E-state index contributed by atoms with van der Waals surface area (Å²) in [5.74, 6) is 0.241. The third-order valence-corrected chi connectivity index (χ3v) is 2.61. The first-order chi connectivity index (χ1) is 6.63. The van der Waals surface area contributed by atoms with E-state index in [1.54, 1.807) is 0 Å². The van der Waals surface area contributed by atoms with Crippen molar-refractivity contribution >= 4 is 29.0 Å². The summed E-state index contributed by atoms with van der Waals surface area (Å²) >= 11 is 8.85. The molecule has 0 aromatic heterocycles. The maximum absolute atomic E-state index is 9.70. The van der Waals surface area contributed by atoms with Gasteiger partial charge in [-0.1, -0.05) is 38.9 Å². The standard InChI is InChI=1S/C11H20OS2/c1-3-5-7-9(8-6-4-2)10(12)11(13)14/h12H,3-8H2,1-2H3,(H,13,14). The number of allylic oxidation sites excluding steroid dienone is 1. The number of unbranched alkanes of at least 4 members (excludes halogenated alkanes) is 2. The number of thiocarbonyl (C=S) groups is 1. The maximum atomic E-state index is 9.70. The normalized spacial score (nSPS) is 9.93. The predicted octanol–water partition coefficient (Wildman–Crippen LogP) is 4.44. The van der Waals surface area contributed by atoms with Crippen LogP contribution in [0, 0.1) is 0 Å². The lowest BCUT2D eigenvalue weighted by Crippen LogP contribution is -1.98. The Hall–Kier alpha value is -0.0200. The van der Waals surface area contributed by atoms with Crippen molar-refractivity contribution < 1.29 is 5.11 Å². The van der Waals surface area contributed by atoms with Crippen molar-refractivity contribution in [3.63, 3.8) is 0 Å². The van der Waals surface area contributed by atoms with E-state index in [1.165, 1.54) is 0 Å². The Morgan fingerprint density at radius 3 is 1.86 bits per heavy atom. The average molecular weight is 232 g/mol. The van der Waals surface area contributed by atoms with Gasteiger partial charge in [0.15, 0.2) is 0 Å². The zero-order valence-electron chi connectivity index (χ0n) is 9.05. The summed E-state index contributed by atoms with van der Waals surface area (Å²) in [6.45, 7) is 4.29. The molecule has 0 bridgehead atoms. The van der Waals surface area contributed by atoms with Crippen LogP contribution in [0.5, 0.6) is 0 Å². The molecule has 0 saturated heterocycles. The van der Waals surface area contributed by atoms with Crippen LogP contribution in [0.4, 0.5) is 0 Å². The zero-order chi connectivity index (χ0) is 11.0. The largest absolute Gasteiger partial charge is 0.506 e. The number of rotatable bonds is 7. The molecule has 0 aliphatic rings. The van der Waals surface area contributed by atoms with Crippen LogP contribution in [0.2, 0.25) is 0 Å². The van der Waals surface area contributed by atoms with Gasteiger partial charge in [-0.25, -0.2) is 0 Å². The molecule has 0 aliphatic carbocycles. The van der Waals surface area contributed by atoms with E-state index in [0.717, 1.165) is 44.1 Å². The lowest BCUT2D eigenvalue weighted by atomic mass is 10.0. The van der Waals surface area contributed by atoms with Crippen LogP contribution in [0.1, 0.15) is 52.4 Å². The van der Waals surface area contributed by atoms with Crippen molar-refractivity contribution in [2.24, 2.45) is 0 Å². The zero-order valence-corrected chi connectivity index (χ0v) is 10.8. The molecule has 0 atom stereocenters. The summed E-state index contributed by atoms with van der Waals surface area (Å²) in [4.78, 5) is 0. The molecule has 0 saturated carbocycles. The van der Waals surface area contributed by atoms with Gasteiger partial charge in [-0.05, 0) is 31.3 Å². The Morgan fingerprint density at radius 2 is 1.57 bits per heavy atom. The van der Waals surface area contributed by atoms with Gasteiger partial charge in [-0.3, -0.25) is 0 Å². The molecule has 0 amide bonds. The minimum atomic E-state index is 0.241. The van der Waals surface area contributed by atoms with E-state index in [4.69, 9.17) is 12.2 Å². The molecule has 0 radical (unpaired) electrons. The summed E-state index contributed by atoms with van der Waals surface area (Å²) in [7, 11) is 0. The molecule has 0 aliphatic heterocycles. The monoisotopic (exact) mass is 232 g/mol. The highest BCUT2D eigenvalue weighted by Gasteiger charge is 2.07. The highest BCUT2D eigenvalue weighted by Crippen LogP contribution is 2.19. The lowest BCUT2D eigenvalue weighted by Gasteiger charge is -2.08. The molecular weight excluding hydrogens is 212 g/mol. The topological polar surface area (TPSA) is 20.2 Å². The van der Waals surface area contributed by atoms with Crippen molar-refractivity contribution in [1.29, 1.82) is 0 Å². The van der Waals surface area contributed by atoms with Crippen molar-refractivity contribution in [3.05, 3.63) is 11.3 Å². The summed E-state index contributed by atoms with van der Waals surface area (Å²) in [5.41, 5.74) is 1.08. The first kappa shape index (κ1) is 14.0. The molecule has 0 fully saturated rings. The highest BCUT2D eigenvalue weighted by molar-refractivity contribution is 8.11. The number of aliphatic hydroxyl groups excluding tert-OH is 1. The van der Waals surface area contributed by atoms with E-state index in [-0.39, 0.29) is 5.76 Å². The first-order valence-electron chi connectivity index (χ1n) is 5.27. The van der Waals surface area contributed by atoms with Gasteiger partial charge in [-0.15, -0.1) is 12.6 Å². The summed E-state index contributed by atoms with van der Waals surface area (Å²) in [5, 5.41) is 9.70. The van der Waals surface area contributed by atoms with Crippen molar-refractivity contribution in [3.8, 4) is 0 Å². The quantitative estimate of drug-likeness (QED) is 0.293. The van der Waals surface area contributed by atoms with E-state index in [2.05, 4.69) is 26.5 Å². The van der Waals surface area contributed by atoms with E-state index in [9.17, 15) is 5.11 Å². The Labute approximate surface area is 98.0 Å². The summed E-state index contributed by atoms with van der Waals surface area (Å²) in [6, 6.07) is 0. The van der Waals surface area contributed by atoms with Crippen molar-refractivity contribution in [2.45, 2.75) is 52.4 Å². The molecule has 0 spiro atoms. The number of hydrogen-bond acceptors (Lipinski definition) is 2. The third-order valence-electron chi connectivity index (χ3n) is 2.20. The number of aliphatic hydroxyl groups is 1. The van der Waals surface area contributed by atoms with Crippen LogP contribution in [0.15, 0.2) is 11.3 Å². The smallest absolute Gasteiger partial charge is 0.138 e. The molecule has 0 unspecified atom stereocenters. The fraction of sp³-hybridized carbons (Fsp3) is 0.727. The van der Waals surface area contributed by atoms with Crippen LogP contribution in [0.3, 0.4) is 0 Å². The molecule has 0 rings (SSSR count).